The molecule has 1 nitrogen and oxygen atoms in total. The van der Waals surface area contributed by atoms with E-state index in [9.17, 15) is 4.39 Å². The van der Waals surface area contributed by atoms with Gasteiger partial charge in [-0.2, -0.15) is 0 Å². The molecule has 0 aliphatic rings. The van der Waals surface area contributed by atoms with E-state index in [0.717, 1.165) is 22.2 Å². The summed E-state index contributed by atoms with van der Waals surface area (Å²) < 4.78 is 12.9. The molecule has 3 aromatic rings. The lowest BCUT2D eigenvalue weighted by Gasteiger charge is -1.96. The van der Waals surface area contributed by atoms with Crippen LogP contribution in [-0.4, -0.2) is 4.98 Å². The lowest BCUT2D eigenvalue weighted by Crippen LogP contribution is -1.78. The highest BCUT2D eigenvalue weighted by Gasteiger charge is 2.06. The summed E-state index contributed by atoms with van der Waals surface area (Å²) in [6.07, 6.45) is 0. The maximum atomic E-state index is 12.9. The van der Waals surface area contributed by atoms with Crippen molar-refractivity contribution < 1.29 is 4.39 Å². The van der Waals surface area contributed by atoms with Crippen LogP contribution in [0, 0.1) is 5.82 Å². The van der Waals surface area contributed by atoms with Gasteiger partial charge < -0.3 is 4.98 Å². The summed E-state index contributed by atoms with van der Waals surface area (Å²) in [6.45, 7) is 0. The Bertz CT molecular complexity index is 677. The Morgan fingerprint density at radius 1 is 0.889 bits per heavy atom. The predicted molar refractivity (Wildman–Crippen MR) is 73.7 cm³/mol. The van der Waals surface area contributed by atoms with Gasteiger partial charge in [-0.15, -0.1) is 0 Å². The number of aromatic nitrogens is 1. The van der Waals surface area contributed by atoms with Crippen molar-refractivity contribution in [1.82, 2.24) is 4.98 Å². The number of benzene rings is 2. The minimum Gasteiger partial charge on any atom is -0.354 e. The first kappa shape index (κ1) is 11.6. The minimum absolute atomic E-state index is 0.249. The summed E-state index contributed by atoms with van der Waals surface area (Å²) in [6, 6.07) is 11.9. The fourth-order valence-electron chi connectivity index (χ4n) is 1.91. The van der Waals surface area contributed by atoms with E-state index in [4.69, 9.17) is 23.2 Å². The molecule has 1 heterocycles. The van der Waals surface area contributed by atoms with E-state index in [1.54, 1.807) is 18.2 Å². The van der Waals surface area contributed by atoms with Crippen LogP contribution in [0.4, 0.5) is 4.39 Å². The SMILES string of the molecule is Fc1ccc(-c2cc3cc(Cl)c(Cl)cc3[nH]2)cc1. The topological polar surface area (TPSA) is 15.8 Å². The summed E-state index contributed by atoms with van der Waals surface area (Å²) in [5.74, 6) is -0.249. The second kappa shape index (κ2) is 4.30. The molecule has 0 unspecified atom stereocenters. The molecule has 0 amide bonds. The van der Waals surface area contributed by atoms with E-state index < -0.39 is 0 Å². The van der Waals surface area contributed by atoms with Crippen molar-refractivity contribution in [1.29, 1.82) is 0 Å². The van der Waals surface area contributed by atoms with Crippen molar-refractivity contribution in [3.63, 3.8) is 0 Å². The van der Waals surface area contributed by atoms with Crippen LogP contribution in [-0.2, 0) is 0 Å². The summed E-state index contributed by atoms with van der Waals surface area (Å²) in [4.78, 5) is 3.23. The first-order chi connectivity index (χ1) is 8.63. The number of halogens is 3. The summed E-state index contributed by atoms with van der Waals surface area (Å²) in [7, 11) is 0. The fraction of sp³-hybridized carbons (Fsp3) is 0. The zero-order valence-corrected chi connectivity index (χ0v) is 10.7. The van der Waals surface area contributed by atoms with Gasteiger partial charge in [-0.3, -0.25) is 0 Å². The lowest BCUT2D eigenvalue weighted by molar-refractivity contribution is 0.628. The van der Waals surface area contributed by atoms with Gasteiger partial charge in [0, 0.05) is 16.6 Å². The van der Waals surface area contributed by atoms with E-state index in [1.807, 2.05) is 12.1 Å². The molecule has 0 saturated heterocycles. The van der Waals surface area contributed by atoms with Crippen molar-refractivity contribution in [3.05, 3.63) is 58.3 Å². The zero-order chi connectivity index (χ0) is 12.7. The summed E-state index contributed by atoms with van der Waals surface area (Å²) >= 11 is 11.9. The molecule has 1 N–H and O–H groups in total. The van der Waals surface area contributed by atoms with Crippen LogP contribution >= 0.6 is 23.2 Å². The Balaban J connectivity index is 2.16. The number of aromatic amines is 1. The average molecular weight is 280 g/mol. The molecule has 0 spiro atoms. The highest BCUT2D eigenvalue weighted by atomic mass is 35.5. The van der Waals surface area contributed by atoms with Gasteiger partial charge in [-0.25, -0.2) is 4.39 Å². The van der Waals surface area contributed by atoms with Crippen LogP contribution in [0.5, 0.6) is 0 Å². The highest BCUT2D eigenvalue weighted by molar-refractivity contribution is 6.42. The van der Waals surface area contributed by atoms with Gasteiger partial charge in [0.25, 0.3) is 0 Å². The van der Waals surface area contributed by atoms with Crippen LogP contribution in [0.1, 0.15) is 0 Å². The zero-order valence-electron chi connectivity index (χ0n) is 9.18. The van der Waals surface area contributed by atoms with Crippen LogP contribution in [0.15, 0.2) is 42.5 Å². The van der Waals surface area contributed by atoms with Crippen molar-refractivity contribution in [2.75, 3.05) is 0 Å². The van der Waals surface area contributed by atoms with E-state index in [1.165, 1.54) is 12.1 Å². The summed E-state index contributed by atoms with van der Waals surface area (Å²) in [5, 5.41) is 2.01. The molecule has 90 valence electrons. The number of hydrogen-bond donors (Lipinski definition) is 1. The van der Waals surface area contributed by atoms with E-state index in [0.29, 0.717) is 10.0 Å². The smallest absolute Gasteiger partial charge is 0.123 e. The second-order valence-corrected chi connectivity index (χ2v) is 4.86. The maximum Gasteiger partial charge on any atom is 0.123 e. The van der Waals surface area contributed by atoms with Crippen molar-refractivity contribution in [3.8, 4) is 11.3 Å². The monoisotopic (exact) mass is 279 g/mol. The van der Waals surface area contributed by atoms with Crippen LogP contribution in [0.3, 0.4) is 0 Å². The molecular weight excluding hydrogens is 272 g/mol. The third-order valence-corrected chi connectivity index (χ3v) is 3.54. The number of nitrogens with one attached hydrogen (secondary N) is 1. The number of hydrogen-bond acceptors (Lipinski definition) is 0. The molecule has 2 aromatic carbocycles. The molecule has 0 aliphatic carbocycles. The predicted octanol–water partition coefficient (Wildman–Crippen LogP) is 5.28. The Kier molecular flexibility index (Phi) is 2.77. The summed E-state index contributed by atoms with van der Waals surface area (Å²) in [5.41, 5.74) is 2.73. The first-order valence-electron chi connectivity index (χ1n) is 5.37. The standard InChI is InChI=1S/C14H8Cl2FN/c15-11-5-9-6-13(18-14(9)7-12(11)16)8-1-3-10(17)4-2-8/h1-7,18H. The molecule has 1 aromatic heterocycles. The normalized spacial score (nSPS) is 11.1. The molecule has 0 radical (unpaired) electrons. The van der Waals surface area contributed by atoms with E-state index in [2.05, 4.69) is 4.98 Å². The third-order valence-electron chi connectivity index (χ3n) is 2.82. The van der Waals surface area contributed by atoms with Crippen molar-refractivity contribution >= 4 is 34.1 Å². The second-order valence-electron chi connectivity index (χ2n) is 4.04. The average Bonchev–Trinajstić information content (AvgIpc) is 2.73. The van der Waals surface area contributed by atoms with Crippen LogP contribution in [0.25, 0.3) is 22.2 Å². The van der Waals surface area contributed by atoms with Gasteiger partial charge in [0.15, 0.2) is 0 Å². The van der Waals surface area contributed by atoms with Crippen LogP contribution < -0.4 is 0 Å². The van der Waals surface area contributed by atoms with Crippen molar-refractivity contribution in [2.24, 2.45) is 0 Å². The molecule has 0 aliphatic heterocycles. The van der Waals surface area contributed by atoms with Gasteiger partial charge >= 0.3 is 0 Å². The molecule has 3 rings (SSSR count). The van der Waals surface area contributed by atoms with Crippen molar-refractivity contribution in [2.45, 2.75) is 0 Å². The molecule has 4 heteroatoms. The molecular formula is C14H8Cl2FN. The lowest BCUT2D eigenvalue weighted by atomic mass is 10.1. The fourth-order valence-corrected chi connectivity index (χ4v) is 2.25. The van der Waals surface area contributed by atoms with Gasteiger partial charge in [-0.05, 0) is 48.0 Å². The quantitative estimate of drug-likeness (QED) is 0.624. The van der Waals surface area contributed by atoms with Gasteiger partial charge in [-0.1, -0.05) is 23.2 Å². The highest BCUT2D eigenvalue weighted by Crippen LogP contribution is 2.30. The maximum absolute atomic E-state index is 12.9. The minimum atomic E-state index is -0.249. The largest absolute Gasteiger partial charge is 0.354 e. The molecule has 0 saturated carbocycles. The van der Waals surface area contributed by atoms with E-state index in [-0.39, 0.29) is 5.82 Å². The van der Waals surface area contributed by atoms with Gasteiger partial charge in [0.2, 0.25) is 0 Å². The molecule has 0 atom stereocenters. The van der Waals surface area contributed by atoms with E-state index >= 15 is 0 Å². The van der Waals surface area contributed by atoms with Crippen LogP contribution in [0.2, 0.25) is 10.0 Å². The Labute approximate surface area is 113 Å². The number of H-pyrrole nitrogens is 1. The van der Waals surface area contributed by atoms with Gasteiger partial charge in [0.1, 0.15) is 5.82 Å². The first-order valence-corrected chi connectivity index (χ1v) is 6.13. The molecule has 18 heavy (non-hydrogen) atoms. The number of fused-ring (bicyclic) bond motifs is 1. The Hall–Kier alpha value is -1.51. The van der Waals surface area contributed by atoms with Gasteiger partial charge in [0.05, 0.1) is 10.0 Å². The molecule has 0 bridgehead atoms. The number of rotatable bonds is 1. The Morgan fingerprint density at radius 3 is 2.28 bits per heavy atom. The molecule has 0 fully saturated rings. The Morgan fingerprint density at radius 2 is 1.56 bits per heavy atom. The third kappa shape index (κ3) is 1.98.